The van der Waals surface area contributed by atoms with Crippen molar-refractivity contribution in [1.29, 1.82) is 0 Å². The molecule has 1 N–H and O–H groups in total. The van der Waals surface area contributed by atoms with E-state index in [1.54, 1.807) is 46.2 Å². The third-order valence-electron chi connectivity index (χ3n) is 6.75. The zero-order valence-corrected chi connectivity index (χ0v) is 18.7. The van der Waals surface area contributed by atoms with Crippen molar-refractivity contribution in [2.24, 2.45) is 11.8 Å². The minimum absolute atomic E-state index is 0.0371. The van der Waals surface area contributed by atoms with E-state index in [4.69, 9.17) is 0 Å². The van der Waals surface area contributed by atoms with Crippen LogP contribution >= 0.6 is 0 Å². The first kappa shape index (κ1) is 21.9. The van der Waals surface area contributed by atoms with Crippen LogP contribution in [0.1, 0.15) is 33.6 Å². The van der Waals surface area contributed by atoms with Crippen LogP contribution in [0.15, 0.2) is 66.7 Å². The van der Waals surface area contributed by atoms with Gasteiger partial charge in [-0.2, -0.15) is 0 Å². The Morgan fingerprint density at radius 3 is 2.00 bits per heavy atom. The second-order valence-electron chi connectivity index (χ2n) is 8.81. The molecule has 2 aromatic carbocycles. The van der Waals surface area contributed by atoms with Gasteiger partial charge in [0.2, 0.25) is 11.8 Å². The van der Waals surface area contributed by atoms with Crippen LogP contribution in [0.3, 0.4) is 0 Å². The molecule has 2 fully saturated rings. The average Bonchev–Trinajstić information content (AvgIpc) is 2.90. The maximum absolute atomic E-state index is 13.2. The molecule has 0 bridgehead atoms. The first-order valence-corrected chi connectivity index (χ1v) is 11.6. The Labute approximate surface area is 197 Å². The summed E-state index contributed by atoms with van der Waals surface area (Å²) in [7, 11) is 0. The van der Waals surface area contributed by atoms with E-state index in [1.165, 1.54) is 5.01 Å². The van der Waals surface area contributed by atoms with Gasteiger partial charge in [0, 0.05) is 37.3 Å². The fraction of sp³-hybridized carbons (Fsp3) is 0.308. The van der Waals surface area contributed by atoms with Crippen LogP contribution in [0.4, 0.5) is 5.69 Å². The molecule has 2 atom stereocenters. The lowest BCUT2D eigenvalue weighted by molar-refractivity contribution is -0.139. The first-order valence-electron chi connectivity index (χ1n) is 11.6. The number of carbonyl (C=O) groups is 4. The second-order valence-corrected chi connectivity index (χ2v) is 8.81. The van der Waals surface area contributed by atoms with Crippen LogP contribution in [0.25, 0.3) is 0 Å². The zero-order valence-electron chi connectivity index (χ0n) is 18.7. The lowest BCUT2D eigenvalue weighted by Gasteiger charge is -2.38. The van der Waals surface area contributed by atoms with Crippen LogP contribution < -0.4 is 10.4 Å². The normalized spacial score (nSPS) is 22.3. The number of carbonyl (C=O) groups excluding carboxylic acids is 4. The summed E-state index contributed by atoms with van der Waals surface area (Å²) in [6.45, 7) is 1.76. The number of benzene rings is 2. The summed E-state index contributed by atoms with van der Waals surface area (Å²) in [5, 5.41) is 1.27. The van der Waals surface area contributed by atoms with Gasteiger partial charge in [0.05, 0.1) is 17.5 Å². The highest BCUT2D eigenvalue weighted by Gasteiger charge is 2.42. The molecule has 0 spiro atoms. The van der Waals surface area contributed by atoms with Gasteiger partial charge in [0.25, 0.3) is 11.8 Å². The van der Waals surface area contributed by atoms with E-state index in [-0.39, 0.29) is 35.5 Å². The summed E-state index contributed by atoms with van der Waals surface area (Å²) >= 11 is 0. The summed E-state index contributed by atoms with van der Waals surface area (Å²) in [5.41, 5.74) is 4.25. The number of nitrogens with zero attached hydrogens (tertiary/aromatic N) is 3. The highest BCUT2D eigenvalue weighted by Crippen LogP contribution is 2.32. The quantitative estimate of drug-likeness (QED) is 0.715. The van der Waals surface area contributed by atoms with Crippen molar-refractivity contribution in [3.63, 3.8) is 0 Å². The molecule has 3 aliphatic rings. The molecule has 34 heavy (non-hydrogen) atoms. The monoisotopic (exact) mass is 458 g/mol. The Kier molecular flexibility index (Phi) is 5.88. The molecule has 8 heteroatoms. The number of amides is 4. The van der Waals surface area contributed by atoms with Gasteiger partial charge in [0.1, 0.15) is 0 Å². The summed E-state index contributed by atoms with van der Waals surface area (Å²) < 4.78 is 0. The van der Waals surface area contributed by atoms with Crippen LogP contribution in [-0.2, 0) is 9.59 Å². The second kappa shape index (κ2) is 9.13. The molecule has 4 amide bonds. The predicted octanol–water partition coefficient (Wildman–Crippen LogP) is 2.24. The number of nitrogens with one attached hydrogen (secondary N) is 1. The van der Waals surface area contributed by atoms with E-state index in [0.717, 1.165) is 0 Å². The lowest BCUT2D eigenvalue weighted by Crippen LogP contribution is -2.59. The summed E-state index contributed by atoms with van der Waals surface area (Å²) in [6, 6.07) is 15.9. The number of rotatable bonds is 3. The Morgan fingerprint density at radius 1 is 0.735 bits per heavy atom. The molecular weight excluding hydrogens is 432 g/mol. The van der Waals surface area contributed by atoms with Crippen LogP contribution in [0.2, 0.25) is 0 Å². The molecule has 2 aromatic rings. The third-order valence-corrected chi connectivity index (χ3v) is 6.75. The molecule has 2 saturated heterocycles. The number of hydrogen-bond donors (Lipinski definition) is 1. The van der Waals surface area contributed by atoms with E-state index in [0.29, 0.717) is 55.8 Å². The van der Waals surface area contributed by atoms with Crippen molar-refractivity contribution in [2.75, 3.05) is 31.2 Å². The van der Waals surface area contributed by atoms with Crippen molar-refractivity contribution in [3.8, 4) is 0 Å². The SMILES string of the molecule is O=C1NN(c2cccc(C(=O)N3CCN(C(=O)c4ccccc4)CC3)c2)C(=O)C2CC=CCC12. The van der Waals surface area contributed by atoms with Gasteiger partial charge >= 0.3 is 0 Å². The molecule has 5 rings (SSSR count). The topological polar surface area (TPSA) is 90.0 Å². The average molecular weight is 459 g/mol. The van der Waals surface area contributed by atoms with Gasteiger partial charge in [-0.3, -0.25) is 24.6 Å². The largest absolute Gasteiger partial charge is 0.335 e. The molecule has 1 aliphatic carbocycles. The molecular formula is C26H26N4O4. The third kappa shape index (κ3) is 4.07. The van der Waals surface area contributed by atoms with Crippen molar-refractivity contribution in [1.82, 2.24) is 15.2 Å². The molecule has 0 aromatic heterocycles. The van der Waals surface area contributed by atoms with E-state index < -0.39 is 0 Å². The summed E-state index contributed by atoms with van der Waals surface area (Å²) in [5.74, 6) is -1.26. The van der Waals surface area contributed by atoms with Gasteiger partial charge in [-0.25, -0.2) is 5.01 Å². The van der Waals surface area contributed by atoms with Gasteiger partial charge in [0.15, 0.2) is 0 Å². The Bertz CT molecular complexity index is 1150. The smallest absolute Gasteiger partial charge is 0.254 e. The van der Waals surface area contributed by atoms with Crippen molar-refractivity contribution >= 4 is 29.3 Å². The highest BCUT2D eigenvalue weighted by molar-refractivity contribution is 6.05. The highest BCUT2D eigenvalue weighted by atomic mass is 16.2. The Balaban J connectivity index is 1.26. The van der Waals surface area contributed by atoms with E-state index in [9.17, 15) is 19.2 Å². The van der Waals surface area contributed by atoms with Gasteiger partial charge in [-0.1, -0.05) is 36.4 Å². The minimum atomic E-state index is -0.381. The fourth-order valence-electron chi connectivity index (χ4n) is 4.82. The van der Waals surface area contributed by atoms with E-state index in [2.05, 4.69) is 5.43 Å². The predicted molar refractivity (Wildman–Crippen MR) is 126 cm³/mol. The number of fused-ring (bicyclic) bond motifs is 1. The van der Waals surface area contributed by atoms with E-state index >= 15 is 0 Å². The van der Waals surface area contributed by atoms with Crippen LogP contribution in [0, 0.1) is 11.8 Å². The van der Waals surface area contributed by atoms with Crippen molar-refractivity contribution in [2.45, 2.75) is 12.8 Å². The van der Waals surface area contributed by atoms with Crippen LogP contribution in [0.5, 0.6) is 0 Å². The summed E-state index contributed by atoms with van der Waals surface area (Å²) in [6.07, 6.45) is 4.99. The van der Waals surface area contributed by atoms with Gasteiger partial charge in [-0.15, -0.1) is 0 Å². The van der Waals surface area contributed by atoms with E-state index in [1.807, 2.05) is 30.4 Å². The first-order chi connectivity index (χ1) is 16.5. The molecule has 8 nitrogen and oxygen atoms in total. The van der Waals surface area contributed by atoms with Gasteiger partial charge in [-0.05, 0) is 43.2 Å². The Hall–Kier alpha value is -3.94. The number of hydrazine groups is 1. The molecule has 0 saturated carbocycles. The number of allylic oxidation sites excluding steroid dienone is 2. The number of hydrogen-bond acceptors (Lipinski definition) is 4. The lowest BCUT2D eigenvalue weighted by atomic mass is 9.80. The Morgan fingerprint density at radius 2 is 1.32 bits per heavy atom. The molecule has 2 unspecified atom stereocenters. The molecule has 2 heterocycles. The number of anilines is 1. The minimum Gasteiger partial charge on any atom is -0.335 e. The summed E-state index contributed by atoms with van der Waals surface area (Å²) in [4.78, 5) is 54.9. The van der Waals surface area contributed by atoms with Crippen molar-refractivity contribution < 1.29 is 19.2 Å². The maximum Gasteiger partial charge on any atom is 0.254 e. The van der Waals surface area contributed by atoms with Crippen molar-refractivity contribution in [3.05, 3.63) is 77.9 Å². The standard InChI is InChI=1S/C26H26N4O4/c31-23-21-11-4-5-12-22(21)26(34)30(27-23)20-10-6-9-19(17-20)25(33)29-15-13-28(14-16-29)24(32)18-7-2-1-3-8-18/h1-10,17,21-22H,11-16H2,(H,27,31). The van der Waals surface area contributed by atoms with Gasteiger partial charge < -0.3 is 9.80 Å². The molecule has 0 radical (unpaired) electrons. The molecule has 174 valence electrons. The zero-order chi connectivity index (χ0) is 23.7. The van der Waals surface area contributed by atoms with Crippen LogP contribution in [-0.4, -0.2) is 59.6 Å². The maximum atomic E-state index is 13.2. The fourth-order valence-corrected chi connectivity index (χ4v) is 4.82. The molecule has 2 aliphatic heterocycles. The number of piperazine rings is 1.